The van der Waals surface area contributed by atoms with Crippen LogP contribution in [-0.2, 0) is 6.54 Å². The van der Waals surface area contributed by atoms with Gasteiger partial charge in [-0.1, -0.05) is 0 Å². The van der Waals surface area contributed by atoms with Crippen molar-refractivity contribution in [3.05, 3.63) is 36.5 Å². The van der Waals surface area contributed by atoms with Crippen LogP contribution in [-0.4, -0.2) is 23.2 Å². The highest BCUT2D eigenvalue weighted by molar-refractivity contribution is 5.67. The van der Waals surface area contributed by atoms with Crippen molar-refractivity contribution < 1.29 is 9.13 Å². The summed E-state index contributed by atoms with van der Waals surface area (Å²) in [4.78, 5) is 4.05. The van der Waals surface area contributed by atoms with Crippen LogP contribution in [0.5, 0.6) is 5.75 Å². The van der Waals surface area contributed by atoms with Crippen molar-refractivity contribution in [2.45, 2.75) is 6.54 Å². The number of ether oxygens (including phenoxy) is 1. The minimum Gasteiger partial charge on any atom is -0.496 e. The molecule has 0 radical (unpaired) electrons. The number of halogens is 1. The van der Waals surface area contributed by atoms with Gasteiger partial charge >= 0.3 is 0 Å². The fourth-order valence-electron chi connectivity index (χ4n) is 1.74. The lowest BCUT2D eigenvalue weighted by Gasteiger charge is -2.10. The molecule has 1 aromatic carbocycles. The number of nitrogens with zero attached hydrogens (tertiary/aromatic N) is 2. The first-order chi connectivity index (χ1) is 8.26. The van der Waals surface area contributed by atoms with E-state index in [1.165, 1.54) is 12.1 Å². The van der Waals surface area contributed by atoms with Gasteiger partial charge in [0.1, 0.15) is 11.6 Å². The van der Waals surface area contributed by atoms with E-state index in [1.807, 2.05) is 4.57 Å². The monoisotopic (exact) mass is 235 g/mol. The Morgan fingerprint density at radius 3 is 3.00 bits per heavy atom. The van der Waals surface area contributed by atoms with Crippen molar-refractivity contribution in [1.29, 1.82) is 0 Å². The molecule has 5 heteroatoms. The van der Waals surface area contributed by atoms with E-state index in [0.717, 1.165) is 5.69 Å². The van der Waals surface area contributed by atoms with Crippen LogP contribution in [0, 0.1) is 5.82 Å². The summed E-state index contributed by atoms with van der Waals surface area (Å²) in [5.41, 5.74) is 6.99. The number of imidazole rings is 1. The molecular formula is C12H14FN3O. The minimum atomic E-state index is -0.304. The molecule has 0 aliphatic heterocycles. The average molecular weight is 235 g/mol. The van der Waals surface area contributed by atoms with Crippen molar-refractivity contribution in [3.63, 3.8) is 0 Å². The summed E-state index contributed by atoms with van der Waals surface area (Å²) in [6, 6.07) is 4.40. The third-order valence-electron chi connectivity index (χ3n) is 2.52. The minimum absolute atomic E-state index is 0.304. The zero-order chi connectivity index (χ0) is 12.3. The van der Waals surface area contributed by atoms with Gasteiger partial charge in [-0.15, -0.1) is 0 Å². The van der Waals surface area contributed by atoms with E-state index < -0.39 is 0 Å². The Labute approximate surface area is 98.8 Å². The molecule has 2 aromatic rings. The number of hydrogen-bond donors (Lipinski definition) is 1. The maximum absolute atomic E-state index is 13.3. The van der Waals surface area contributed by atoms with Crippen LogP contribution in [0.2, 0.25) is 0 Å². The second-order valence-electron chi connectivity index (χ2n) is 3.61. The first-order valence-corrected chi connectivity index (χ1v) is 5.30. The molecule has 0 fully saturated rings. The van der Waals surface area contributed by atoms with Crippen LogP contribution in [0.1, 0.15) is 0 Å². The van der Waals surface area contributed by atoms with E-state index in [2.05, 4.69) is 4.98 Å². The summed E-state index contributed by atoms with van der Waals surface area (Å²) < 4.78 is 20.4. The van der Waals surface area contributed by atoms with Gasteiger partial charge in [0.2, 0.25) is 0 Å². The molecule has 0 bridgehead atoms. The fourth-order valence-corrected chi connectivity index (χ4v) is 1.74. The van der Waals surface area contributed by atoms with Crippen LogP contribution >= 0.6 is 0 Å². The van der Waals surface area contributed by atoms with Gasteiger partial charge in [-0.3, -0.25) is 0 Å². The standard InChI is InChI=1S/C12H14FN3O/c1-17-12-3-2-9(13)6-10(12)11-7-15-8-16(11)5-4-14/h2-3,6-8H,4-5,14H2,1H3. The summed E-state index contributed by atoms with van der Waals surface area (Å²) in [7, 11) is 1.56. The number of methoxy groups -OCH3 is 1. The van der Waals surface area contributed by atoms with Crippen LogP contribution in [0.25, 0.3) is 11.3 Å². The molecule has 1 aromatic heterocycles. The molecule has 0 aliphatic carbocycles. The first kappa shape index (κ1) is 11.6. The van der Waals surface area contributed by atoms with Gasteiger partial charge in [-0.25, -0.2) is 9.37 Å². The third kappa shape index (κ3) is 2.29. The maximum Gasteiger partial charge on any atom is 0.128 e. The summed E-state index contributed by atoms with van der Waals surface area (Å²) >= 11 is 0. The largest absolute Gasteiger partial charge is 0.496 e. The number of nitrogens with two attached hydrogens (primary N) is 1. The zero-order valence-electron chi connectivity index (χ0n) is 9.56. The van der Waals surface area contributed by atoms with Gasteiger partial charge in [0.05, 0.1) is 25.3 Å². The molecule has 0 spiro atoms. The van der Waals surface area contributed by atoms with Gasteiger partial charge in [0, 0.05) is 18.7 Å². The molecule has 0 aliphatic rings. The Balaban J connectivity index is 2.51. The fraction of sp³-hybridized carbons (Fsp3) is 0.250. The van der Waals surface area contributed by atoms with E-state index in [0.29, 0.717) is 24.4 Å². The van der Waals surface area contributed by atoms with E-state index in [9.17, 15) is 4.39 Å². The Hall–Kier alpha value is -1.88. The van der Waals surface area contributed by atoms with Crippen molar-refractivity contribution in [2.75, 3.05) is 13.7 Å². The highest BCUT2D eigenvalue weighted by Crippen LogP contribution is 2.30. The Kier molecular flexibility index (Phi) is 3.39. The third-order valence-corrected chi connectivity index (χ3v) is 2.52. The van der Waals surface area contributed by atoms with Gasteiger partial charge < -0.3 is 15.0 Å². The lowest BCUT2D eigenvalue weighted by Crippen LogP contribution is -2.10. The average Bonchev–Trinajstić information content (AvgIpc) is 2.77. The molecule has 4 nitrogen and oxygen atoms in total. The predicted octanol–water partition coefficient (Wildman–Crippen LogP) is 1.66. The van der Waals surface area contributed by atoms with Crippen molar-refractivity contribution in [1.82, 2.24) is 9.55 Å². The molecule has 17 heavy (non-hydrogen) atoms. The quantitative estimate of drug-likeness (QED) is 0.876. The second-order valence-corrected chi connectivity index (χ2v) is 3.61. The van der Waals surface area contributed by atoms with Crippen LogP contribution < -0.4 is 10.5 Å². The topological polar surface area (TPSA) is 53.1 Å². The van der Waals surface area contributed by atoms with Gasteiger partial charge in [0.25, 0.3) is 0 Å². The molecule has 2 rings (SSSR count). The van der Waals surface area contributed by atoms with Crippen LogP contribution in [0.4, 0.5) is 4.39 Å². The molecule has 0 saturated heterocycles. The Bertz CT molecular complexity index is 510. The van der Waals surface area contributed by atoms with Crippen LogP contribution in [0.15, 0.2) is 30.7 Å². The molecule has 0 unspecified atom stereocenters. The predicted molar refractivity (Wildman–Crippen MR) is 63.2 cm³/mol. The SMILES string of the molecule is COc1ccc(F)cc1-c1cncn1CCN. The summed E-state index contributed by atoms with van der Waals surface area (Å²) in [6.45, 7) is 1.13. The van der Waals surface area contributed by atoms with Crippen molar-refractivity contribution in [2.24, 2.45) is 5.73 Å². The Morgan fingerprint density at radius 2 is 2.29 bits per heavy atom. The van der Waals surface area contributed by atoms with Gasteiger partial charge in [-0.2, -0.15) is 0 Å². The summed E-state index contributed by atoms with van der Waals surface area (Å²) in [6.07, 6.45) is 3.35. The molecule has 0 amide bonds. The molecule has 1 heterocycles. The van der Waals surface area contributed by atoms with E-state index in [-0.39, 0.29) is 5.82 Å². The smallest absolute Gasteiger partial charge is 0.128 e. The van der Waals surface area contributed by atoms with E-state index in [4.69, 9.17) is 10.5 Å². The molecule has 90 valence electrons. The zero-order valence-corrected chi connectivity index (χ0v) is 9.56. The lowest BCUT2D eigenvalue weighted by atomic mass is 10.1. The number of hydrogen-bond acceptors (Lipinski definition) is 3. The number of benzene rings is 1. The summed E-state index contributed by atoms with van der Waals surface area (Å²) in [5.74, 6) is 0.312. The molecule has 0 atom stereocenters. The maximum atomic E-state index is 13.3. The van der Waals surface area contributed by atoms with Crippen molar-refractivity contribution >= 4 is 0 Å². The molecular weight excluding hydrogens is 221 g/mol. The van der Waals surface area contributed by atoms with Crippen LogP contribution in [0.3, 0.4) is 0 Å². The number of aromatic nitrogens is 2. The first-order valence-electron chi connectivity index (χ1n) is 5.30. The lowest BCUT2D eigenvalue weighted by molar-refractivity contribution is 0.415. The van der Waals surface area contributed by atoms with Gasteiger partial charge in [0.15, 0.2) is 0 Å². The molecule has 0 saturated carbocycles. The highest BCUT2D eigenvalue weighted by atomic mass is 19.1. The highest BCUT2D eigenvalue weighted by Gasteiger charge is 2.11. The van der Waals surface area contributed by atoms with E-state index >= 15 is 0 Å². The summed E-state index contributed by atoms with van der Waals surface area (Å²) in [5, 5.41) is 0. The molecule has 2 N–H and O–H groups in total. The van der Waals surface area contributed by atoms with Crippen molar-refractivity contribution in [3.8, 4) is 17.0 Å². The van der Waals surface area contributed by atoms with E-state index in [1.54, 1.807) is 25.7 Å². The number of rotatable bonds is 4. The normalized spacial score (nSPS) is 10.5. The second kappa shape index (κ2) is 4.97. The van der Waals surface area contributed by atoms with Gasteiger partial charge in [-0.05, 0) is 18.2 Å². The Morgan fingerprint density at radius 1 is 1.47 bits per heavy atom.